The quantitative estimate of drug-likeness (QED) is 0.465. The Morgan fingerprint density at radius 2 is 1.83 bits per heavy atom. The Labute approximate surface area is 146 Å². The molecule has 1 rings (SSSR count). The van der Waals surface area contributed by atoms with E-state index in [-0.39, 0.29) is 26.1 Å². The van der Waals surface area contributed by atoms with Crippen LogP contribution < -0.4 is 20.9 Å². The lowest BCUT2D eigenvalue weighted by Crippen LogP contribution is -2.52. The first-order valence-corrected chi connectivity index (χ1v) is 8.85. The normalized spacial score (nSPS) is 11.7. The van der Waals surface area contributed by atoms with Crippen LogP contribution in [0.5, 0.6) is 0 Å². The predicted octanol–water partition coefficient (Wildman–Crippen LogP) is 1.16. The summed E-state index contributed by atoms with van der Waals surface area (Å²) in [6.07, 6.45) is 0. The van der Waals surface area contributed by atoms with Crippen molar-refractivity contribution in [2.24, 2.45) is 0 Å². The van der Waals surface area contributed by atoms with Gasteiger partial charge >= 0.3 is 0 Å². The largest absolute Gasteiger partial charge is 0.357 e. The number of halogens is 1. The average Bonchev–Trinajstić information content (AvgIpc) is 2.43. The number of benzene rings is 1. The molecule has 1 aromatic carbocycles. The molecule has 0 unspecified atom stereocenters. The summed E-state index contributed by atoms with van der Waals surface area (Å²) >= 11 is 11.0. The summed E-state index contributed by atoms with van der Waals surface area (Å²) in [6.45, 7) is 5.73. The van der Waals surface area contributed by atoms with Crippen LogP contribution >= 0.6 is 23.8 Å². The van der Waals surface area contributed by atoms with E-state index in [1.807, 2.05) is 20.8 Å². The van der Waals surface area contributed by atoms with Crippen molar-refractivity contribution in [3.05, 3.63) is 28.8 Å². The number of sulfonamides is 1. The van der Waals surface area contributed by atoms with E-state index < -0.39 is 15.9 Å². The Morgan fingerprint density at radius 3 is 2.35 bits per heavy atom. The number of amides is 1. The van der Waals surface area contributed by atoms with E-state index in [0.29, 0.717) is 0 Å². The van der Waals surface area contributed by atoms with Gasteiger partial charge in [0.05, 0.1) is 15.5 Å². The van der Waals surface area contributed by atoms with Crippen molar-refractivity contribution >= 4 is 44.9 Å². The van der Waals surface area contributed by atoms with Crippen LogP contribution in [0.3, 0.4) is 0 Å². The van der Waals surface area contributed by atoms with Crippen molar-refractivity contribution in [3.8, 4) is 0 Å². The van der Waals surface area contributed by atoms with Gasteiger partial charge < -0.3 is 5.32 Å². The van der Waals surface area contributed by atoms with E-state index in [9.17, 15) is 13.2 Å². The number of hydrogen-bond donors (Lipinski definition) is 4. The molecule has 7 nitrogen and oxygen atoms in total. The minimum Gasteiger partial charge on any atom is -0.357 e. The molecule has 0 bridgehead atoms. The Morgan fingerprint density at radius 1 is 1.22 bits per heavy atom. The summed E-state index contributed by atoms with van der Waals surface area (Å²) in [7, 11) is -2.39. The van der Waals surface area contributed by atoms with Gasteiger partial charge in [-0.3, -0.25) is 15.6 Å². The van der Waals surface area contributed by atoms with Gasteiger partial charge in [0.25, 0.3) is 5.91 Å². The first kappa shape index (κ1) is 19.6. The SMILES string of the molecule is CNS(=O)(=O)c1ccc(Cl)c(C(=O)NNC(=S)NC(C)(C)C)c1. The minimum atomic E-state index is -3.67. The van der Waals surface area contributed by atoms with Crippen molar-refractivity contribution in [3.63, 3.8) is 0 Å². The van der Waals surface area contributed by atoms with E-state index >= 15 is 0 Å². The third-order valence-corrected chi connectivity index (χ3v) is 4.49. The van der Waals surface area contributed by atoms with Gasteiger partial charge in [-0.05, 0) is 58.2 Å². The molecule has 0 atom stereocenters. The summed E-state index contributed by atoms with van der Waals surface area (Å²) in [5.41, 5.74) is 4.64. The molecule has 0 saturated heterocycles. The lowest BCUT2D eigenvalue weighted by atomic mass is 10.1. The molecule has 0 saturated carbocycles. The maximum absolute atomic E-state index is 12.1. The third-order valence-electron chi connectivity index (χ3n) is 2.54. The Kier molecular flexibility index (Phi) is 6.34. The third kappa shape index (κ3) is 5.94. The van der Waals surface area contributed by atoms with Crippen molar-refractivity contribution in [1.82, 2.24) is 20.9 Å². The lowest BCUT2D eigenvalue weighted by molar-refractivity contribution is 0.0943. The fourth-order valence-electron chi connectivity index (χ4n) is 1.52. The van der Waals surface area contributed by atoms with Gasteiger partial charge in [0.15, 0.2) is 5.11 Å². The summed E-state index contributed by atoms with van der Waals surface area (Å²) in [5.74, 6) is -0.610. The Balaban J connectivity index is 2.88. The van der Waals surface area contributed by atoms with Crippen molar-refractivity contribution < 1.29 is 13.2 Å². The molecule has 0 radical (unpaired) electrons. The van der Waals surface area contributed by atoms with Crippen molar-refractivity contribution in [1.29, 1.82) is 0 Å². The number of nitrogens with one attached hydrogen (secondary N) is 4. The van der Waals surface area contributed by atoms with Gasteiger partial charge in [-0.1, -0.05) is 11.6 Å². The van der Waals surface area contributed by atoms with Gasteiger partial charge in [-0.15, -0.1) is 0 Å². The van der Waals surface area contributed by atoms with Crippen molar-refractivity contribution in [2.45, 2.75) is 31.2 Å². The predicted molar refractivity (Wildman–Crippen MR) is 93.8 cm³/mol. The highest BCUT2D eigenvalue weighted by atomic mass is 35.5. The molecule has 0 aliphatic heterocycles. The molecule has 0 fully saturated rings. The summed E-state index contributed by atoms with van der Waals surface area (Å²) < 4.78 is 25.7. The number of hydrogen-bond acceptors (Lipinski definition) is 4. The van der Waals surface area contributed by atoms with Crippen LogP contribution in [0.25, 0.3) is 0 Å². The number of hydrazine groups is 1. The molecule has 0 aliphatic rings. The van der Waals surface area contributed by atoms with Crippen LogP contribution in [-0.2, 0) is 10.0 Å². The molecule has 1 amide bonds. The molecule has 128 valence electrons. The first-order valence-electron chi connectivity index (χ1n) is 6.58. The van der Waals surface area contributed by atoms with E-state index in [0.717, 1.165) is 0 Å². The molecule has 10 heteroatoms. The van der Waals surface area contributed by atoms with Crippen LogP contribution in [0.15, 0.2) is 23.1 Å². The fourth-order valence-corrected chi connectivity index (χ4v) is 2.83. The van der Waals surface area contributed by atoms with Gasteiger partial charge in [0.2, 0.25) is 10.0 Å². The highest BCUT2D eigenvalue weighted by molar-refractivity contribution is 7.89. The zero-order valence-corrected chi connectivity index (χ0v) is 15.5. The van der Waals surface area contributed by atoms with Crippen LogP contribution in [0.2, 0.25) is 5.02 Å². The van der Waals surface area contributed by atoms with Crippen LogP contribution in [0.1, 0.15) is 31.1 Å². The lowest BCUT2D eigenvalue weighted by Gasteiger charge is -2.23. The fraction of sp³-hybridized carbons (Fsp3) is 0.385. The summed E-state index contributed by atoms with van der Waals surface area (Å²) in [6, 6.07) is 3.84. The number of thiocarbonyl (C=S) groups is 1. The summed E-state index contributed by atoms with van der Waals surface area (Å²) in [4.78, 5) is 12.1. The molecule has 0 aromatic heterocycles. The van der Waals surface area contributed by atoms with Gasteiger partial charge in [-0.2, -0.15) is 0 Å². The second-order valence-corrected chi connectivity index (χ2v) is 8.33. The first-order chi connectivity index (χ1) is 10.5. The van der Waals surface area contributed by atoms with Crippen LogP contribution in [0, 0.1) is 0 Å². The standard InChI is InChI=1S/C13H19ClN4O3S2/c1-13(2,3)16-12(22)18-17-11(19)9-7-8(5-6-10(9)14)23(20,21)15-4/h5-7,15H,1-4H3,(H,17,19)(H2,16,18,22). The number of carbonyl (C=O) groups excluding carboxylic acids is 1. The van der Waals surface area contributed by atoms with E-state index in [4.69, 9.17) is 23.8 Å². The minimum absolute atomic E-state index is 0.00838. The topological polar surface area (TPSA) is 99.3 Å². The number of carbonyl (C=O) groups is 1. The van der Waals surface area contributed by atoms with Crippen molar-refractivity contribution in [2.75, 3.05) is 7.05 Å². The second kappa shape index (κ2) is 7.43. The molecule has 23 heavy (non-hydrogen) atoms. The molecule has 0 spiro atoms. The Bertz CT molecular complexity index is 714. The maximum atomic E-state index is 12.1. The van der Waals surface area contributed by atoms with Gasteiger partial charge in [-0.25, -0.2) is 13.1 Å². The van der Waals surface area contributed by atoms with Crippen LogP contribution in [-0.4, -0.2) is 32.0 Å². The molecule has 0 heterocycles. The number of rotatable bonds is 3. The molecular formula is C13H19ClN4O3S2. The Hall–Kier alpha value is -1.42. The second-order valence-electron chi connectivity index (χ2n) is 5.63. The smallest absolute Gasteiger partial charge is 0.271 e. The van der Waals surface area contributed by atoms with E-state index in [2.05, 4.69) is 20.9 Å². The maximum Gasteiger partial charge on any atom is 0.271 e. The molecule has 0 aliphatic carbocycles. The highest BCUT2D eigenvalue weighted by Gasteiger charge is 2.18. The molecule has 1 aromatic rings. The van der Waals surface area contributed by atoms with E-state index in [1.54, 1.807) is 0 Å². The summed E-state index contributed by atoms with van der Waals surface area (Å²) in [5, 5.41) is 3.29. The highest BCUT2D eigenvalue weighted by Crippen LogP contribution is 2.20. The zero-order chi connectivity index (χ0) is 17.8. The molecular weight excluding hydrogens is 360 g/mol. The van der Waals surface area contributed by atoms with Gasteiger partial charge in [0, 0.05) is 5.54 Å². The van der Waals surface area contributed by atoms with Crippen LogP contribution in [0.4, 0.5) is 0 Å². The van der Waals surface area contributed by atoms with Gasteiger partial charge in [0.1, 0.15) is 0 Å². The molecule has 4 N–H and O–H groups in total. The monoisotopic (exact) mass is 378 g/mol. The zero-order valence-electron chi connectivity index (χ0n) is 13.2. The van der Waals surface area contributed by atoms with E-state index in [1.165, 1.54) is 25.2 Å². The average molecular weight is 379 g/mol.